The van der Waals surface area contributed by atoms with Crippen molar-refractivity contribution in [1.29, 1.82) is 0 Å². The van der Waals surface area contributed by atoms with Gasteiger partial charge in [0.2, 0.25) is 0 Å². The summed E-state index contributed by atoms with van der Waals surface area (Å²) in [5, 5.41) is 3.00. The van der Waals surface area contributed by atoms with Gasteiger partial charge in [0.1, 0.15) is 5.75 Å². The Morgan fingerprint density at radius 3 is 2.67 bits per heavy atom. The first kappa shape index (κ1) is 17.5. The molecule has 0 saturated carbocycles. The molecule has 0 radical (unpaired) electrons. The van der Waals surface area contributed by atoms with Crippen molar-refractivity contribution in [1.82, 2.24) is 5.32 Å². The molecular weight excluding hydrogens is 264 g/mol. The van der Waals surface area contributed by atoms with Gasteiger partial charge in [-0.1, -0.05) is 24.6 Å². The summed E-state index contributed by atoms with van der Waals surface area (Å²) in [6, 6.07) is 5.95. The van der Waals surface area contributed by atoms with E-state index >= 15 is 0 Å². The van der Waals surface area contributed by atoms with Crippen molar-refractivity contribution >= 4 is 5.91 Å². The molecule has 0 saturated heterocycles. The van der Waals surface area contributed by atoms with Gasteiger partial charge in [0.15, 0.2) is 6.10 Å². The lowest BCUT2D eigenvalue weighted by Crippen LogP contribution is -2.48. The Labute approximate surface area is 128 Å². The minimum Gasteiger partial charge on any atom is -0.481 e. The minimum absolute atomic E-state index is 0.0962. The maximum absolute atomic E-state index is 12.2. The van der Waals surface area contributed by atoms with Crippen LogP contribution in [0.2, 0.25) is 0 Å². The molecule has 21 heavy (non-hydrogen) atoms. The van der Waals surface area contributed by atoms with Crippen LogP contribution in [0.4, 0.5) is 0 Å². The lowest BCUT2D eigenvalue weighted by atomic mass is 10.0. The molecule has 1 unspecified atom stereocenters. The quantitative estimate of drug-likeness (QED) is 0.812. The second-order valence-corrected chi connectivity index (χ2v) is 6.14. The molecule has 0 aliphatic rings. The number of carbonyl (C=O) groups is 1. The fourth-order valence-electron chi connectivity index (χ4n) is 1.94. The van der Waals surface area contributed by atoms with Crippen LogP contribution >= 0.6 is 0 Å². The molecule has 4 heteroatoms. The lowest BCUT2D eigenvalue weighted by Gasteiger charge is -2.27. The fraction of sp³-hybridized carbons (Fsp3) is 0.588. The lowest BCUT2D eigenvalue weighted by molar-refractivity contribution is -0.129. The highest BCUT2D eigenvalue weighted by atomic mass is 16.5. The third-order valence-corrected chi connectivity index (χ3v) is 3.65. The number of benzene rings is 1. The molecule has 0 bridgehead atoms. The Bertz CT molecular complexity index is 484. The van der Waals surface area contributed by atoms with E-state index in [1.807, 2.05) is 39.8 Å². The minimum atomic E-state index is -0.532. The van der Waals surface area contributed by atoms with Crippen LogP contribution in [0.15, 0.2) is 18.2 Å². The molecule has 1 aromatic carbocycles. The molecule has 1 aromatic rings. The first-order valence-electron chi connectivity index (χ1n) is 7.57. The van der Waals surface area contributed by atoms with Crippen LogP contribution in [0, 0.1) is 6.92 Å². The number of hydrogen-bond donors (Lipinski definition) is 2. The van der Waals surface area contributed by atoms with Gasteiger partial charge in [-0.3, -0.25) is 4.79 Å². The van der Waals surface area contributed by atoms with E-state index in [0.29, 0.717) is 6.54 Å². The van der Waals surface area contributed by atoms with Gasteiger partial charge in [-0.2, -0.15) is 0 Å². The zero-order valence-corrected chi connectivity index (χ0v) is 13.8. The highest BCUT2D eigenvalue weighted by molar-refractivity contribution is 5.81. The average Bonchev–Trinajstić information content (AvgIpc) is 2.41. The van der Waals surface area contributed by atoms with E-state index in [1.54, 1.807) is 6.92 Å². The molecule has 1 rings (SSSR count). The van der Waals surface area contributed by atoms with Crippen LogP contribution in [0.5, 0.6) is 5.75 Å². The molecule has 0 aromatic heterocycles. The van der Waals surface area contributed by atoms with Gasteiger partial charge in [-0.15, -0.1) is 0 Å². The van der Waals surface area contributed by atoms with Crippen LogP contribution < -0.4 is 15.8 Å². The third-order valence-electron chi connectivity index (χ3n) is 3.65. The molecule has 0 fully saturated rings. The Morgan fingerprint density at radius 1 is 1.43 bits per heavy atom. The molecule has 1 atom stereocenters. The van der Waals surface area contributed by atoms with Crippen LogP contribution in [0.3, 0.4) is 0 Å². The van der Waals surface area contributed by atoms with Gasteiger partial charge < -0.3 is 15.8 Å². The molecule has 3 N–H and O–H groups in total. The number of nitrogens with one attached hydrogen (secondary N) is 1. The summed E-state index contributed by atoms with van der Waals surface area (Å²) < 4.78 is 5.84. The summed E-state index contributed by atoms with van der Waals surface area (Å²) in [4.78, 5) is 12.2. The largest absolute Gasteiger partial charge is 0.481 e. The number of amides is 1. The molecular formula is C17H28N2O2. The van der Waals surface area contributed by atoms with Crippen molar-refractivity contribution in [2.24, 2.45) is 5.73 Å². The van der Waals surface area contributed by atoms with Gasteiger partial charge in [0.25, 0.3) is 5.91 Å². The van der Waals surface area contributed by atoms with E-state index in [1.165, 1.54) is 0 Å². The van der Waals surface area contributed by atoms with E-state index in [4.69, 9.17) is 10.5 Å². The van der Waals surface area contributed by atoms with Gasteiger partial charge in [-0.25, -0.2) is 0 Å². The van der Waals surface area contributed by atoms with Crippen LogP contribution in [-0.2, 0) is 11.2 Å². The first-order chi connectivity index (χ1) is 9.79. The van der Waals surface area contributed by atoms with E-state index in [9.17, 15) is 4.79 Å². The molecule has 4 nitrogen and oxygen atoms in total. The number of ether oxygens (including phenoxy) is 1. The summed E-state index contributed by atoms with van der Waals surface area (Å²) in [7, 11) is 0. The van der Waals surface area contributed by atoms with Crippen molar-refractivity contribution in [2.45, 2.75) is 59.1 Å². The van der Waals surface area contributed by atoms with Gasteiger partial charge in [0, 0.05) is 5.54 Å². The van der Waals surface area contributed by atoms with E-state index in [0.717, 1.165) is 29.7 Å². The number of nitrogens with two attached hydrogens (primary N) is 1. The fourth-order valence-corrected chi connectivity index (χ4v) is 1.94. The molecule has 0 aliphatic heterocycles. The van der Waals surface area contributed by atoms with Crippen molar-refractivity contribution in [2.75, 3.05) is 6.54 Å². The standard InChI is InChI=1S/C17H28N2O2/c1-6-17(4,5)19-16(20)13(3)21-15-8-7-12(2)11-14(15)9-10-18/h7-8,11,13H,6,9-10,18H2,1-5H3,(H,19,20). The topological polar surface area (TPSA) is 64.3 Å². The smallest absolute Gasteiger partial charge is 0.261 e. The van der Waals surface area contributed by atoms with Crippen molar-refractivity contribution in [3.63, 3.8) is 0 Å². The van der Waals surface area contributed by atoms with Crippen LogP contribution in [0.25, 0.3) is 0 Å². The normalized spacial score (nSPS) is 12.9. The van der Waals surface area contributed by atoms with Crippen LogP contribution in [-0.4, -0.2) is 24.1 Å². The Hall–Kier alpha value is -1.55. The first-order valence-corrected chi connectivity index (χ1v) is 7.57. The Kier molecular flexibility index (Phi) is 6.21. The van der Waals surface area contributed by atoms with E-state index < -0.39 is 6.10 Å². The van der Waals surface area contributed by atoms with E-state index in [-0.39, 0.29) is 11.4 Å². The number of aryl methyl sites for hydroxylation is 1. The molecule has 0 spiro atoms. The maximum atomic E-state index is 12.2. The SMILES string of the molecule is CCC(C)(C)NC(=O)C(C)Oc1ccc(C)cc1CCN. The van der Waals surface area contributed by atoms with Gasteiger partial charge >= 0.3 is 0 Å². The molecule has 1 amide bonds. The number of hydrogen-bond acceptors (Lipinski definition) is 3. The van der Waals surface area contributed by atoms with Crippen molar-refractivity contribution in [3.05, 3.63) is 29.3 Å². The van der Waals surface area contributed by atoms with Crippen LogP contribution in [0.1, 0.15) is 45.2 Å². The predicted octanol–water partition coefficient (Wildman–Crippen LogP) is 2.57. The Morgan fingerprint density at radius 2 is 2.10 bits per heavy atom. The molecule has 0 heterocycles. The van der Waals surface area contributed by atoms with E-state index in [2.05, 4.69) is 11.4 Å². The average molecular weight is 292 g/mol. The zero-order valence-electron chi connectivity index (χ0n) is 13.8. The summed E-state index contributed by atoms with van der Waals surface area (Å²) in [5.41, 5.74) is 7.63. The highest BCUT2D eigenvalue weighted by Gasteiger charge is 2.23. The summed E-state index contributed by atoms with van der Waals surface area (Å²) in [5.74, 6) is 0.643. The highest BCUT2D eigenvalue weighted by Crippen LogP contribution is 2.22. The summed E-state index contributed by atoms with van der Waals surface area (Å²) in [6.07, 6.45) is 1.08. The molecule has 118 valence electrons. The predicted molar refractivity (Wildman–Crippen MR) is 86.5 cm³/mol. The second kappa shape index (κ2) is 7.46. The monoisotopic (exact) mass is 292 g/mol. The van der Waals surface area contributed by atoms with Gasteiger partial charge in [-0.05, 0) is 58.7 Å². The number of rotatable bonds is 7. The maximum Gasteiger partial charge on any atom is 0.261 e. The van der Waals surface area contributed by atoms with Crippen molar-refractivity contribution in [3.8, 4) is 5.75 Å². The summed E-state index contributed by atoms with van der Waals surface area (Å²) in [6.45, 7) is 10.4. The molecule has 0 aliphatic carbocycles. The third kappa shape index (κ3) is 5.38. The second-order valence-electron chi connectivity index (χ2n) is 6.14. The Balaban J connectivity index is 2.78. The van der Waals surface area contributed by atoms with Crippen molar-refractivity contribution < 1.29 is 9.53 Å². The van der Waals surface area contributed by atoms with Gasteiger partial charge in [0.05, 0.1) is 0 Å². The zero-order chi connectivity index (χ0) is 16.0. The summed E-state index contributed by atoms with van der Waals surface area (Å²) >= 11 is 0. The number of carbonyl (C=O) groups excluding carboxylic acids is 1.